The van der Waals surface area contributed by atoms with Crippen molar-refractivity contribution in [1.82, 2.24) is 0 Å². The third kappa shape index (κ3) is 2.95. The molecule has 0 aromatic heterocycles. The number of aryl methyl sites for hydroxylation is 1. The summed E-state index contributed by atoms with van der Waals surface area (Å²) in [6.07, 6.45) is 0.812. The summed E-state index contributed by atoms with van der Waals surface area (Å²) in [5.74, 6) is -0.0517. The average Bonchev–Trinajstić information content (AvgIpc) is 2.49. The average molecular weight is 345 g/mol. The van der Waals surface area contributed by atoms with Gasteiger partial charge < -0.3 is 10.6 Å². The number of hydrogen-bond donors (Lipinski definition) is 2. The van der Waals surface area contributed by atoms with E-state index < -0.39 is 0 Å². The molecular formula is C17H17BrN2O. The lowest BCUT2D eigenvalue weighted by molar-refractivity contribution is -0.117. The standard InChI is InChI=1S/C17H17BrN2O/c1-11-6-7-16(14(18)10-11)20-17(21)13-8-9-19-15-5-3-2-4-12(13)15/h2-7,10,13,19H,8-9H2,1H3,(H,20,21). The molecule has 0 saturated heterocycles. The Balaban J connectivity index is 1.83. The Hall–Kier alpha value is -1.81. The second kappa shape index (κ2) is 5.90. The van der Waals surface area contributed by atoms with Gasteiger partial charge in [-0.3, -0.25) is 4.79 Å². The van der Waals surface area contributed by atoms with Crippen LogP contribution in [0, 0.1) is 6.92 Å². The molecule has 4 heteroatoms. The van der Waals surface area contributed by atoms with Crippen LogP contribution in [0.5, 0.6) is 0 Å². The first kappa shape index (κ1) is 14.1. The summed E-state index contributed by atoms with van der Waals surface area (Å²) in [6.45, 7) is 2.85. The van der Waals surface area contributed by atoms with Crippen LogP contribution in [0.1, 0.15) is 23.5 Å². The minimum absolute atomic E-state index is 0.0495. The van der Waals surface area contributed by atoms with Gasteiger partial charge in [0.2, 0.25) is 5.91 Å². The van der Waals surface area contributed by atoms with Gasteiger partial charge in [-0.15, -0.1) is 0 Å². The number of anilines is 2. The van der Waals surface area contributed by atoms with Gasteiger partial charge in [-0.2, -0.15) is 0 Å². The zero-order chi connectivity index (χ0) is 14.8. The van der Waals surface area contributed by atoms with Crippen LogP contribution in [-0.2, 0) is 4.79 Å². The number of benzene rings is 2. The minimum atomic E-state index is -0.101. The summed E-state index contributed by atoms with van der Waals surface area (Å²) in [5, 5.41) is 6.38. The van der Waals surface area contributed by atoms with Gasteiger partial charge in [-0.05, 0) is 58.6 Å². The number of para-hydroxylation sites is 1. The molecule has 108 valence electrons. The fourth-order valence-corrected chi connectivity index (χ4v) is 3.27. The molecule has 3 nitrogen and oxygen atoms in total. The molecule has 2 aromatic carbocycles. The maximum atomic E-state index is 12.6. The second-order valence-corrected chi connectivity index (χ2v) is 6.18. The van der Waals surface area contributed by atoms with Crippen molar-refractivity contribution < 1.29 is 4.79 Å². The quantitative estimate of drug-likeness (QED) is 0.852. The summed E-state index contributed by atoms with van der Waals surface area (Å²) in [5.41, 5.74) is 4.12. The number of rotatable bonds is 2. The molecule has 0 spiro atoms. The van der Waals surface area contributed by atoms with Crippen molar-refractivity contribution in [3.8, 4) is 0 Å². The first-order valence-corrected chi connectivity index (χ1v) is 7.84. The monoisotopic (exact) mass is 344 g/mol. The largest absolute Gasteiger partial charge is 0.385 e. The van der Waals surface area contributed by atoms with Gasteiger partial charge >= 0.3 is 0 Å². The topological polar surface area (TPSA) is 41.1 Å². The van der Waals surface area contributed by atoms with E-state index in [-0.39, 0.29) is 11.8 Å². The smallest absolute Gasteiger partial charge is 0.232 e. The van der Waals surface area contributed by atoms with Crippen LogP contribution in [0.25, 0.3) is 0 Å². The van der Waals surface area contributed by atoms with Gasteiger partial charge in [0.15, 0.2) is 0 Å². The fourth-order valence-electron chi connectivity index (χ4n) is 2.68. The maximum absolute atomic E-state index is 12.6. The Morgan fingerprint density at radius 1 is 1.29 bits per heavy atom. The van der Waals surface area contributed by atoms with Gasteiger partial charge in [0.05, 0.1) is 11.6 Å². The lowest BCUT2D eigenvalue weighted by Crippen LogP contribution is -2.27. The van der Waals surface area contributed by atoms with E-state index in [4.69, 9.17) is 0 Å². The van der Waals surface area contributed by atoms with E-state index >= 15 is 0 Å². The molecule has 2 N–H and O–H groups in total. The maximum Gasteiger partial charge on any atom is 0.232 e. The molecule has 21 heavy (non-hydrogen) atoms. The molecule has 0 radical (unpaired) electrons. The Morgan fingerprint density at radius 2 is 2.10 bits per heavy atom. The molecule has 3 rings (SSSR count). The molecule has 1 amide bonds. The fraction of sp³-hybridized carbons (Fsp3) is 0.235. The third-order valence-electron chi connectivity index (χ3n) is 3.78. The molecule has 0 saturated carbocycles. The molecule has 1 heterocycles. The highest BCUT2D eigenvalue weighted by Gasteiger charge is 2.26. The molecule has 1 aliphatic rings. The Labute approximate surface area is 132 Å². The molecule has 0 fully saturated rings. The summed E-state index contributed by atoms with van der Waals surface area (Å²) >= 11 is 3.50. The van der Waals surface area contributed by atoms with Crippen molar-refractivity contribution in [2.45, 2.75) is 19.3 Å². The van der Waals surface area contributed by atoms with Gasteiger partial charge in [0, 0.05) is 16.7 Å². The van der Waals surface area contributed by atoms with Gasteiger partial charge in [-0.1, -0.05) is 24.3 Å². The molecule has 1 aliphatic heterocycles. The van der Waals surface area contributed by atoms with Crippen LogP contribution in [0.4, 0.5) is 11.4 Å². The van der Waals surface area contributed by atoms with Crippen LogP contribution in [-0.4, -0.2) is 12.5 Å². The second-order valence-electron chi connectivity index (χ2n) is 5.33. The van der Waals surface area contributed by atoms with E-state index in [0.29, 0.717) is 0 Å². The lowest BCUT2D eigenvalue weighted by Gasteiger charge is -2.26. The summed E-state index contributed by atoms with van der Waals surface area (Å²) in [7, 11) is 0. The van der Waals surface area contributed by atoms with Crippen molar-refractivity contribution >= 4 is 33.2 Å². The number of carbonyl (C=O) groups is 1. The van der Waals surface area contributed by atoms with Crippen molar-refractivity contribution in [3.05, 3.63) is 58.1 Å². The van der Waals surface area contributed by atoms with Crippen LogP contribution in [0.2, 0.25) is 0 Å². The number of fused-ring (bicyclic) bond motifs is 1. The Bertz CT molecular complexity index is 684. The van der Waals surface area contributed by atoms with E-state index in [1.54, 1.807) is 0 Å². The molecular weight excluding hydrogens is 328 g/mol. The number of nitrogens with one attached hydrogen (secondary N) is 2. The van der Waals surface area contributed by atoms with E-state index in [2.05, 4.69) is 26.6 Å². The van der Waals surface area contributed by atoms with Gasteiger partial charge in [-0.25, -0.2) is 0 Å². The normalized spacial score (nSPS) is 16.8. The van der Waals surface area contributed by atoms with Crippen molar-refractivity contribution in [2.24, 2.45) is 0 Å². The number of carbonyl (C=O) groups excluding carboxylic acids is 1. The first-order chi connectivity index (χ1) is 10.1. The summed E-state index contributed by atoms with van der Waals surface area (Å²) < 4.78 is 0.915. The summed E-state index contributed by atoms with van der Waals surface area (Å²) in [6, 6.07) is 14.0. The molecule has 0 aliphatic carbocycles. The molecule has 1 unspecified atom stereocenters. The SMILES string of the molecule is Cc1ccc(NC(=O)C2CCNc3ccccc32)c(Br)c1. The predicted molar refractivity (Wildman–Crippen MR) is 89.8 cm³/mol. The van der Waals surface area contributed by atoms with E-state index in [9.17, 15) is 4.79 Å². The van der Waals surface area contributed by atoms with Crippen molar-refractivity contribution in [1.29, 1.82) is 0 Å². The third-order valence-corrected chi connectivity index (χ3v) is 4.44. The van der Waals surface area contributed by atoms with Crippen molar-refractivity contribution in [2.75, 3.05) is 17.2 Å². The minimum Gasteiger partial charge on any atom is -0.385 e. The van der Waals surface area contributed by atoms with Crippen molar-refractivity contribution in [3.63, 3.8) is 0 Å². The number of halogens is 1. The zero-order valence-corrected chi connectivity index (χ0v) is 13.4. The van der Waals surface area contributed by atoms with Crippen LogP contribution in [0.15, 0.2) is 46.9 Å². The number of amides is 1. The highest BCUT2D eigenvalue weighted by atomic mass is 79.9. The molecule has 1 atom stereocenters. The Morgan fingerprint density at radius 3 is 2.90 bits per heavy atom. The van der Waals surface area contributed by atoms with E-state index in [1.165, 1.54) is 0 Å². The highest BCUT2D eigenvalue weighted by Crippen LogP contribution is 2.33. The number of hydrogen-bond acceptors (Lipinski definition) is 2. The van der Waals surface area contributed by atoms with Gasteiger partial charge in [0.25, 0.3) is 0 Å². The lowest BCUT2D eigenvalue weighted by atomic mass is 9.90. The van der Waals surface area contributed by atoms with E-state index in [1.807, 2.05) is 49.4 Å². The highest BCUT2D eigenvalue weighted by molar-refractivity contribution is 9.10. The summed E-state index contributed by atoms with van der Waals surface area (Å²) in [4.78, 5) is 12.6. The van der Waals surface area contributed by atoms with Gasteiger partial charge in [0.1, 0.15) is 0 Å². The Kier molecular flexibility index (Phi) is 3.97. The molecule has 0 bridgehead atoms. The zero-order valence-electron chi connectivity index (χ0n) is 11.8. The van der Waals surface area contributed by atoms with E-state index in [0.717, 1.165) is 39.9 Å². The first-order valence-electron chi connectivity index (χ1n) is 7.05. The molecule has 2 aromatic rings. The van der Waals surface area contributed by atoms with Crippen LogP contribution >= 0.6 is 15.9 Å². The van der Waals surface area contributed by atoms with Crippen LogP contribution < -0.4 is 10.6 Å². The van der Waals surface area contributed by atoms with Crippen LogP contribution in [0.3, 0.4) is 0 Å². The predicted octanol–water partition coefficient (Wildman–Crippen LogP) is 4.30.